The van der Waals surface area contributed by atoms with Gasteiger partial charge in [-0.05, 0) is 0 Å². The molecular weight excluding hydrogens is 199 g/mol. The first-order valence-corrected chi connectivity index (χ1v) is 3.57. The number of carbonyl (C=O) groups is 1. The summed E-state index contributed by atoms with van der Waals surface area (Å²) in [6, 6.07) is 0.552. The van der Waals surface area contributed by atoms with Gasteiger partial charge in [-0.1, -0.05) is 0 Å². The fraction of sp³-hybridized carbons (Fsp3) is 0.125. The molecule has 0 saturated heterocycles. The normalized spacial score (nSPS) is 10.2. The topological polar surface area (TPSA) is 63.3 Å². The molecule has 0 unspecified atom stereocenters. The smallest absolute Gasteiger partial charge is 0.308 e. The van der Waals surface area contributed by atoms with E-state index in [-0.39, 0.29) is 0 Å². The van der Waals surface area contributed by atoms with Crippen molar-refractivity contribution in [1.82, 2.24) is 0 Å². The predicted octanol–water partition coefficient (Wildman–Crippen LogP) is 1.31. The number of aliphatic carboxylic acids is 1. The van der Waals surface area contributed by atoms with Gasteiger partial charge < -0.3 is 10.8 Å². The van der Waals surface area contributed by atoms with Crippen molar-refractivity contribution in [3.63, 3.8) is 0 Å². The largest absolute Gasteiger partial charge is 0.481 e. The molecule has 0 aliphatic heterocycles. The number of nitrogens with two attached hydrogens (primary N) is 1. The summed E-state index contributed by atoms with van der Waals surface area (Å²) >= 11 is 0. The van der Waals surface area contributed by atoms with Crippen molar-refractivity contribution < 1.29 is 23.1 Å². The molecule has 0 heterocycles. The van der Waals surface area contributed by atoms with E-state index in [1.807, 2.05) is 0 Å². The van der Waals surface area contributed by atoms with E-state index < -0.39 is 41.1 Å². The van der Waals surface area contributed by atoms with Gasteiger partial charge in [0.25, 0.3) is 0 Å². The van der Waals surface area contributed by atoms with E-state index in [4.69, 9.17) is 10.8 Å². The van der Waals surface area contributed by atoms with Crippen molar-refractivity contribution in [2.45, 2.75) is 6.42 Å². The van der Waals surface area contributed by atoms with Crippen LogP contribution in [0.4, 0.5) is 18.9 Å². The number of carboxylic acids is 1. The molecule has 0 amide bonds. The van der Waals surface area contributed by atoms with Gasteiger partial charge >= 0.3 is 5.97 Å². The van der Waals surface area contributed by atoms with E-state index in [1.54, 1.807) is 0 Å². The van der Waals surface area contributed by atoms with E-state index in [9.17, 15) is 18.0 Å². The van der Waals surface area contributed by atoms with E-state index in [2.05, 4.69) is 0 Å². The summed E-state index contributed by atoms with van der Waals surface area (Å²) in [4.78, 5) is 10.2. The zero-order valence-corrected chi connectivity index (χ0v) is 6.85. The van der Waals surface area contributed by atoms with Crippen LogP contribution >= 0.6 is 0 Å². The average molecular weight is 205 g/mol. The average Bonchev–Trinajstić information content (AvgIpc) is 2.09. The third-order valence-electron chi connectivity index (χ3n) is 1.61. The molecular formula is C8H6F3NO2. The van der Waals surface area contributed by atoms with Crippen LogP contribution in [0.15, 0.2) is 6.07 Å². The highest BCUT2D eigenvalue weighted by Crippen LogP contribution is 2.21. The Balaban J connectivity index is 3.29. The fourth-order valence-electron chi connectivity index (χ4n) is 0.964. The van der Waals surface area contributed by atoms with E-state index in [1.165, 1.54) is 0 Å². The van der Waals surface area contributed by atoms with Gasteiger partial charge in [0.1, 0.15) is 5.82 Å². The van der Waals surface area contributed by atoms with Crippen LogP contribution in [0.5, 0.6) is 0 Å². The molecule has 1 aromatic rings. The van der Waals surface area contributed by atoms with E-state index in [0.717, 1.165) is 0 Å². The fourth-order valence-corrected chi connectivity index (χ4v) is 0.964. The van der Waals surface area contributed by atoms with Gasteiger partial charge in [0.05, 0.1) is 12.1 Å². The maximum Gasteiger partial charge on any atom is 0.308 e. The number of carboxylic acid groups (broad SMARTS) is 1. The van der Waals surface area contributed by atoms with Gasteiger partial charge in [0.15, 0.2) is 11.6 Å². The molecule has 0 aromatic heterocycles. The van der Waals surface area contributed by atoms with Crippen molar-refractivity contribution in [2.24, 2.45) is 0 Å². The minimum absolute atomic E-state index is 0.552. The molecule has 1 aromatic carbocycles. The lowest BCUT2D eigenvalue weighted by molar-refractivity contribution is -0.136. The Bertz CT molecular complexity index is 393. The monoisotopic (exact) mass is 205 g/mol. The summed E-state index contributed by atoms with van der Waals surface area (Å²) in [5, 5.41) is 8.29. The molecule has 76 valence electrons. The number of benzene rings is 1. The Hall–Kier alpha value is -1.72. The summed E-state index contributed by atoms with van der Waals surface area (Å²) in [7, 11) is 0. The Morgan fingerprint density at radius 3 is 2.43 bits per heavy atom. The van der Waals surface area contributed by atoms with E-state index >= 15 is 0 Å². The van der Waals surface area contributed by atoms with Crippen LogP contribution in [-0.2, 0) is 11.2 Å². The highest BCUT2D eigenvalue weighted by molar-refractivity contribution is 5.70. The first-order chi connectivity index (χ1) is 6.43. The SMILES string of the molecule is Nc1cc(F)c(CC(=O)O)c(F)c1F. The molecule has 6 heteroatoms. The van der Waals surface area contributed by atoms with Crippen LogP contribution < -0.4 is 5.73 Å². The quantitative estimate of drug-likeness (QED) is 0.565. The minimum Gasteiger partial charge on any atom is -0.481 e. The number of anilines is 1. The Kier molecular flexibility index (Phi) is 2.64. The van der Waals surface area contributed by atoms with Crippen molar-refractivity contribution in [3.8, 4) is 0 Å². The molecule has 0 aliphatic rings. The Morgan fingerprint density at radius 1 is 1.36 bits per heavy atom. The number of nitrogen functional groups attached to an aromatic ring is 1. The van der Waals surface area contributed by atoms with Gasteiger partial charge in [-0.2, -0.15) is 0 Å². The second-order valence-electron chi connectivity index (χ2n) is 2.62. The van der Waals surface area contributed by atoms with Crippen LogP contribution in [0, 0.1) is 17.5 Å². The van der Waals surface area contributed by atoms with Crippen LogP contribution in [-0.4, -0.2) is 11.1 Å². The first-order valence-electron chi connectivity index (χ1n) is 3.57. The van der Waals surface area contributed by atoms with Crippen LogP contribution in [0.1, 0.15) is 5.56 Å². The number of rotatable bonds is 2. The van der Waals surface area contributed by atoms with Crippen molar-refractivity contribution in [3.05, 3.63) is 29.1 Å². The van der Waals surface area contributed by atoms with Gasteiger partial charge in [-0.25, -0.2) is 13.2 Å². The van der Waals surface area contributed by atoms with Gasteiger partial charge in [-0.15, -0.1) is 0 Å². The summed E-state index contributed by atoms with van der Waals surface area (Å²) in [6.45, 7) is 0. The predicted molar refractivity (Wildman–Crippen MR) is 42.1 cm³/mol. The second kappa shape index (κ2) is 3.57. The Labute approximate surface area is 77.0 Å². The summed E-state index contributed by atoms with van der Waals surface area (Å²) in [6.07, 6.45) is -0.922. The molecule has 3 nitrogen and oxygen atoms in total. The van der Waals surface area contributed by atoms with Crippen molar-refractivity contribution in [2.75, 3.05) is 5.73 Å². The molecule has 0 radical (unpaired) electrons. The lowest BCUT2D eigenvalue weighted by atomic mass is 10.1. The van der Waals surface area contributed by atoms with Crippen molar-refractivity contribution in [1.29, 1.82) is 0 Å². The number of hydrogen-bond donors (Lipinski definition) is 2. The zero-order valence-electron chi connectivity index (χ0n) is 6.85. The Morgan fingerprint density at radius 2 is 1.93 bits per heavy atom. The first kappa shape index (κ1) is 10.4. The molecule has 1 rings (SSSR count). The molecule has 0 atom stereocenters. The minimum atomic E-state index is -1.55. The molecule has 0 saturated carbocycles. The summed E-state index contributed by atoms with van der Waals surface area (Å²) in [5.74, 6) is -5.59. The van der Waals surface area contributed by atoms with Crippen LogP contribution in [0.3, 0.4) is 0 Å². The van der Waals surface area contributed by atoms with E-state index in [0.29, 0.717) is 6.07 Å². The molecule has 0 aliphatic carbocycles. The second-order valence-corrected chi connectivity index (χ2v) is 2.62. The summed E-state index contributed by atoms with van der Waals surface area (Å²) in [5.41, 5.74) is 3.40. The molecule has 0 fully saturated rings. The lowest BCUT2D eigenvalue weighted by Gasteiger charge is -2.05. The standard InChI is InChI=1S/C8H6F3NO2/c9-4-2-5(12)8(11)7(10)3(4)1-6(13)14/h2H,1,12H2,(H,13,14). The number of hydrogen-bond acceptors (Lipinski definition) is 2. The third-order valence-corrected chi connectivity index (χ3v) is 1.61. The summed E-state index contributed by atoms with van der Waals surface area (Å²) < 4.78 is 38.6. The van der Waals surface area contributed by atoms with Gasteiger partial charge in [-0.3, -0.25) is 4.79 Å². The maximum atomic E-state index is 12.9. The third kappa shape index (κ3) is 1.78. The van der Waals surface area contributed by atoms with Crippen molar-refractivity contribution >= 4 is 11.7 Å². The zero-order chi connectivity index (χ0) is 10.9. The maximum absolute atomic E-state index is 12.9. The highest BCUT2D eigenvalue weighted by atomic mass is 19.2. The van der Waals surface area contributed by atoms with Gasteiger partial charge in [0.2, 0.25) is 0 Å². The molecule has 14 heavy (non-hydrogen) atoms. The van der Waals surface area contributed by atoms with Gasteiger partial charge in [0, 0.05) is 11.6 Å². The highest BCUT2D eigenvalue weighted by Gasteiger charge is 2.19. The number of halogens is 3. The van der Waals surface area contributed by atoms with Crippen LogP contribution in [0.2, 0.25) is 0 Å². The molecule has 0 bridgehead atoms. The van der Waals surface area contributed by atoms with Crippen LogP contribution in [0.25, 0.3) is 0 Å². The molecule has 0 spiro atoms. The lowest BCUT2D eigenvalue weighted by Crippen LogP contribution is -2.08. The molecule has 3 N–H and O–H groups in total.